The minimum Gasteiger partial charge on any atom is -0.497 e. The number of ketones is 1. The van der Waals surface area contributed by atoms with E-state index in [4.69, 9.17) is 16.3 Å². The standard InChI is InChI=1S/C32H22ClN5O3S/c1-41-24-15-12-20(13-16-24)27-19-42-32(34-27)38-31(40)29(28(37-38)21-8-4-2-5-9-21)36-35-26-17-14-23(33)18-25(26)30(39)22-10-6-3-7-11-22/h2-19,35H,1H3. The van der Waals surface area contributed by atoms with Gasteiger partial charge in [-0.2, -0.15) is 15.2 Å². The van der Waals surface area contributed by atoms with E-state index in [2.05, 4.69) is 20.6 Å². The van der Waals surface area contributed by atoms with Gasteiger partial charge in [0.15, 0.2) is 11.5 Å². The first-order chi connectivity index (χ1) is 20.5. The smallest absolute Gasteiger partial charge is 0.303 e. The molecule has 42 heavy (non-hydrogen) atoms. The van der Waals surface area contributed by atoms with E-state index < -0.39 is 5.91 Å². The SMILES string of the molecule is COc1ccc(-c2csc(N3N=C(c4ccccc4)C(=NNc4ccc(Cl)cc4C(=O)c4ccccc4)C3=O)n2)cc1. The van der Waals surface area contributed by atoms with Crippen molar-refractivity contribution in [3.8, 4) is 17.0 Å². The second-order valence-corrected chi connectivity index (χ2v) is 10.4. The van der Waals surface area contributed by atoms with E-state index in [1.807, 2.05) is 66.0 Å². The molecule has 10 heteroatoms. The highest BCUT2D eigenvalue weighted by molar-refractivity contribution is 7.14. The van der Waals surface area contributed by atoms with Crippen molar-refractivity contribution < 1.29 is 14.3 Å². The van der Waals surface area contributed by atoms with Gasteiger partial charge in [-0.05, 0) is 42.5 Å². The number of carbonyl (C=O) groups excluding carboxylic acids is 2. The lowest BCUT2D eigenvalue weighted by Gasteiger charge is -2.10. The van der Waals surface area contributed by atoms with E-state index in [9.17, 15) is 9.59 Å². The van der Waals surface area contributed by atoms with Crippen LogP contribution in [0, 0.1) is 0 Å². The fraction of sp³-hybridized carbons (Fsp3) is 0.0312. The van der Waals surface area contributed by atoms with E-state index in [0.717, 1.165) is 11.3 Å². The molecule has 0 bridgehead atoms. The van der Waals surface area contributed by atoms with Crippen LogP contribution in [0.1, 0.15) is 21.5 Å². The van der Waals surface area contributed by atoms with Crippen molar-refractivity contribution in [1.29, 1.82) is 0 Å². The number of ether oxygens (including phenoxy) is 1. The van der Waals surface area contributed by atoms with Crippen LogP contribution in [0.4, 0.5) is 10.8 Å². The maximum Gasteiger partial charge on any atom is 0.303 e. The molecule has 1 aromatic heterocycles. The minimum atomic E-state index is -0.457. The van der Waals surface area contributed by atoms with Crippen molar-refractivity contribution in [3.05, 3.63) is 130 Å². The fourth-order valence-electron chi connectivity index (χ4n) is 4.33. The zero-order chi connectivity index (χ0) is 29.1. The van der Waals surface area contributed by atoms with Gasteiger partial charge < -0.3 is 4.74 Å². The van der Waals surface area contributed by atoms with Crippen LogP contribution in [0.25, 0.3) is 11.3 Å². The predicted octanol–water partition coefficient (Wildman–Crippen LogP) is 6.92. The number of aromatic nitrogens is 1. The molecule has 1 aliphatic heterocycles. The van der Waals surface area contributed by atoms with Gasteiger partial charge in [-0.3, -0.25) is 15.0 Å². The number of methoxy groups -OCH3 is 1. The summed E-state index contributed by atoms with van der Waals surface area (Å²) in [7, 11) is 1.61. The number of amides is 1. The number of nitrogens with one attached hydrogen (secondary N) is 1. The highest BCUT2D eigenvalue weighted by atomic mass is 35.5. The Kier molecular flexibility index (Phi) is 7.59. The second kappa shape index (κ2) is 11.8. The molecule has 0 radical (unpaired) electrons. The number of benzene rings is 4. The molecule has 0 spiro atoms. The van der Waals surface area contributed by atoms with E-state index in [1.54, 1.807) is 49.6 Å². The normalized spacial score (nSPS) is 13.8. The lowest BCUT2D eigenvalue weighted by atomic mass is 10.0. The fourth-order valence-corrected chi connectivity index (χ4v) is 5.29. The van der Waals surface area contributed by atoms with Crippen molar-refractivity contribution in [1.82, 2.24) is 4.98 Å². The minimum absolute atomic E-state index is 0.0791. The van der Waals surface area contributed by atoms with Gasteiger partial charge >= 0.3 is 5.91 Å². The second-order valence-electron chi connectivity index (χ2n) is 9.13. The van der Waals surface area contributed by atoms with Crippen LogP contribution < -0.4 is 15.2 Å². The number of nitrogens with zero attached hydrogens (tertiary/aromatic N) is 4. The largest absolute Gasteiger partial charge is 0.497 e. The van der Waals surface area contributed by atoms with Crippen molar-refractivity contribution in [2.45, 2.75) is 0 Å². The number of thiazole rings is 1. The third kappa shape index (κ3) is 5.43. The monoisotopic (exact) mass is 591 g/mol. The highest BCUT2D eigenvalue weighted by Gasteiger charge is 2.36. The molecule has 0 atom stereocenters. The molecule has 0 aliphatic carbocycles. The Morgan fingerprint density at radius 3 is 2.36 bits per heavy atom. The van der Waals surface area contributed by atoms with Crippen molar-refractivity contribution in [3.63, 3.8) is 0 Å². The molecule has 6 rings (SSSR count). The van der Waals surface area contributed by atoms with Crippen LogP contribution >= 0.6 is 22.9 Å². The number of hydrogen-bond donors (Lipinski definition) is 1. The summed E-state index contributed by atoms with van der Waals surface area (Å²) in [5.74, 6) is 0.0524. The molecule has 2 heterocycles. The molecule has 0 saturated carbocycles. The third-order valence-corrected chi connectivity index (χ3v) is 7.53. The average molecular weight is 592 g/mol. The van der Waals surface area contributed by atoms with E-state index in [1.165, 1.54) is 16.3 Å². The molecule has 1 N–H and O–H groups in total. The summed E-state index contributed by atoms with van der Waals surface area (Å²) in [6.07, 6.45) is 0. The number of anilines is 2. The van der Waals surface area contributed by atoms with E-state index >= 15 is 0 Å². The number of carbonyl (C=O) groups is 2. The molecule has 1 amide bonds. The number of halogens is 1. The first kappa shape index (κ1) is 27.1. The maximum atomic E-state index is 13.7. The predicted molar refractivity (Wildman–Crippen MR) is 167 cm³/mol. The molecular weight excluding hydrogens is 570 g/mol. The number of hydrogen-bond acceptors (Lipinski definition) is 8. The van der Waals surface area contributed by atoms with Crippen molar-refractivity contribution >= 4 is 56.9 Å². The summed E-state index contributed by atoms with van der Waals surface area (Å²) >= 11 is 7.54. The van der Waals surface area contributed by atoms with Gasteiger partial charge in [0.1, 0.15) is 11.5 Å². The third-order valence-electron chi connectivity index (χ3n) is 6.48. The van der Waals surface area contributed by atoms with Crippen LogP contribution in [0.2, 0.25) is 5.02 Å². The van der Waals surface area contributed by atoms with Crippen LogP contribution in [0.3, 0.4) is 0 Å². The molecule has 206 valence electrons. The molecule has 4 aromatic carbocycles. The lowest BCUT2D eigenvalue weighted by Crippen LogP contribution is -2.28. The van der Waals surface area contributed by atoms with Gasteiger partial charge in [-0.15, -0.1) is 11.3 Å². The first-order valence-electron chi connectivity index (χ1n) is 12.8. The van der Waals surface area contributed by atoms with Gasteiger partial charge in [-0.1, -0.05) is 72.3 Å². The zero-order valence-corrected chi connectivity index (χ0v) is 23.8. The Hall–Kier alpha value is -5.12. The Bertz CT molecular complexity index is 1840. The molecule has 5 aromatic rings. The van der Waals surface area contributed by atoms with Gasteiger partial charge in [0, 0.05) is 32.7 Å². The molecule has 8 nitrogen and oxygen atoms in total. The zero-order valence-electron chi connectivity index (χ0n) is 22.2. The van der Waals surface area contributed by atoms with Gasteiger partial charge in [0.2, 0.25) is 5.13 Å². The Morgan fingerprint density at radius 2 is 1.64 bits per heavy atom. The van der Waals surface area contributed by atoms with Crippen LogP contribution in [0.5, 0.6) is 5.75 Å². The Labute approximate surface area is 250 Å². The van der Waals surface area contributed by atoms with Crippen molar-refractivity contribution in [2.24, 2.45) is 10.2 Å². The maximum absolute atomic E-state index is 13.7. The Balaban J connectivity index is 1.34. The molecular formula is C32H22ClN5O3S. The number of rotatable bonds is 8. The lowest BCUT2D eigenvalue weighted by molar-refractivity contribution is -0.112. The Morgan fingerprint density at radius 1 is 0.929 bits per heavy atom. The summed E-state index contributed by atoms with van der Waals surface area (Å²) < 4.78 is 5.24. The van der Waals surface area contributed by atoms with Crippen LogP contribution in [-0.4, -0.2) is 35.2 Å². The number of hydrazone groups is 2. The van der Waals surface area contributed by atoms with Crippen molar-refractivity contribution in [2.75, 3.05) is 17.5 Å². The molecule has 0 fully saturated rings. The average Bonchev–Trinajstić information content (AvgIpc) is 3.65. The van der Waals surface area contributed by atoms with Crippen LogP contribution in [0.15, 0.2) is 119 Å². The van der Waals surface area contributed by atoms with E-state index in [0.29, 0.717) is 43.9 Å². The summed E-state index contributed by atoms with van der Waals surface area (Å²) in [5.41, 5.74) is 6.89. The topological polar surface area (TPSA) is 96.2 Å². The summed E-state index contributed by atoms with van der Waals surface area (Å²) in [4.78, 5) is 31.7. The molecule has 0 saturated heterocycles. The highest BCUT2D eigenvalue weighted by Crippen LogP contribution is 2.31. The molecule has 1 aliphatic rings. The van der Waals surface area contributed by atoms with Gasteiger partial charge in [-0.25, -0.2) is 4.98 Å². The summed E-state index contributed by atoms with van der Waals surface area (Å²) in [6.45, 7) is 0. The van der Waals surface area contributed by atoms with Gasteiger partial charge in [0.05, 0.1) is 18.5 Å². The first-order valence-corrected chi connectivity index (χ1v) is 14.1. The molecule has 0 unspecified atom stereocenters. The van der Waals surface area contributed by atoms with E-state index in [-0.39, 0.29) is 11.5 Å². The quantitative estimate of drug-likeness (QED) is 0.156. The van der Waals surface area contributed by atoms with Crippen LogP contribution in [-0.2, 0) is 4.79 Å². The summed E-state index contributed by atoms with van der Waals surface area (Å²) in [6, 6.07) is 30.6. The van der Waals surface area contributed by atoms with Gasteiger partial charge in [0.25, 0.3) is 0 Å². The summed E-state index contributed by atoms with van der Waals surface area (Å²) in [5, 5.41) is 13.0.